The minimum Gasteiger partial charge on any atom is -0.300 e. The first kappa shape index (κ1) is 32.8. The molecular weight excluding hydrogens is 716 g/mol. The molecule has 0 atom stereocenters. The molecular formula is C41H38N2Pt. The quantitative estimate of drug-likeness (QED) is 0.167. The summed E-state index contributed by atoms with van der Waals surface area (Å²) in [5, 5.41) is 0. The van der Waals surface area contributed by atoms with Crippen LogP contribution in [0.3, 0.4) is 0 Å². The Bertz CT molecular complexity index is 1810. The summed E-state index contributed by atoms with van der Waals surface area (Å²) in [4.78, 5) is 10.8. The summed E-state index contributed by atoms with van der Waals surface area (Å²) in [5.74, 6) is 0. The van der Waals surface area contributed by atoms with E-state index in [9.17, 15) is 0 Å². The van der Waals surface area contributed by atoms with Crippen LogP contribution in [-0.2, 0) is 26.5 Å². The smallest absolute Gasteiger partial charge is 0.300 e. The predicted octanol–water partition coefficient (Wildman–Crippen LogP) is 10.3. The molecule has 2 aromatic heterocycles. The maximum absolute atomic E-state index is 5.39. The standard InChI is InChI=1S/C39H30N2.2CH4.Pt/c1-25-19-21-29(23-27(25)3)35-15-9-17-37(40-35)39(33-13-7-5-11-31(33)32-12-6-8-14-34(32)39)38-18-10-16-36(41-38)30-22-20-26(2)28(4)24-30;;;/h5-20,23-24H,1-4H3;2*1H4;/q-2;;;+2. The maximum Gasteiger partial charge on any atom is 2.00 e. The van der Waals surface area contributed by atoms with E-state index in [1.54, 1.807) is 0 Å². The van der Waals surface area contributed by atoms with Crippen LogP contribution in [0.1, 0.15) is 59.6 Å². The van der Waals surface area contributed by atoms with Gasteiger partial charge < -0.3 is 0 Å². The zero-order valence-corrected chi connectivity index (χ0v) is 26.4. The van der Waals surface area contributed by atoms with Crippen LogP contribution in [0.2, 0.25) is 0 Å². The molecule has 1 aliphatic rings. The van der Waals surface area contributed by atoms with E-state index in [1.807, 2.05) is 0 Å². The molecule has 2 nitrogen and oxygen atoms in total. The third-order valence-electron chi connectivity index (χ3n) is 8.62. The van der Waals surface area contributed by atoms with E-state index in [0.29, 0.717) is 0 Å². The molecule has 0 fully saturated rings. The first-order valence-electron chi connectivity index (χ1n) is 14.1. The third-order valence-corrected chi connectivity index (χ3v) is 8.62. The summed E-state index contributed by atoms with van der Waals surface area (Å²) in [6.45, 7) is 8.51. The minimum atomic E-state index is -0.682. The first-order chi connectivity index (χ1) is 20.0. The fourth-order valence-corrected chi connectivity index (χ4v) is 6.14. The molecule has 0 saturated heterocycles. The predicted molar refractivity (Wildman–Crippen MR) is 180 cm³/mol. The van der Waals surface area contributed by atoms with Crippen molar-refractivity contribution in [1.82, 2.24) is 9.97 Å². The van der Waals surface area contributed by atoms with Crippen molar-refractivity contribution in [2.45, 2.75) is 48.0 Å². The van der Waals surface area contributed by atoms with Crippen molar-refractivity contribution in [3.05, 3.63) is 166 Å². The van der Waals surface area contributed by atoms with E-state index in [-0.39, 0.29) is 35.9 Å². The Kier molecular flexibility index (Phi) is 9.57. The molecule has 44 heavy (non-hydrogen) atoms. The van der Waals surface area contributed by atoms with E-state index in [0.717, 1.165) is 33.9 Å². The van der Waals surface area contributed by atoms with Crippen molar-refractivity contribution < 1.29 is 21.1 Å². The van der Waals surface area contributed by atoms with Gasteiger partial charge in [-0.1, -0.05) is 115 Å². The van der Waals surface area contributed by atoms with Gasteiger partial charge in [-0.25, -0.2) is 0 Å². The van der Waals surface area contributed by atoms with Gasteiger partial charge in [0, 0.05) is 0 Å². The van der Waals surface area contributed by atoms with Gasteiger partial charge in [0.2, 0.25) is 0 Å². The molecule has 0 saturated carbocycles. The van der Waals surface area contributed by atoms with Crippen molar-refractivity contribution >= 4 is 0 Å². The number of aromatic nitrogens is 2. The molecule has 0 aliphatic heterocycles. The van der Waals surface area contributed by atoms with Gasteiger partial charge in [0.05, 0.1) is 11.4 Å². The second kappa shape index (κ2) is 12.8. The summed E-state index contributed by atoms with van der Waals surface area (Å²) in [6, 6.07) is 45.5. The van der Waals surface area contributed by atoms with E-state index >= 15 is 0 Å². The normalized spacial score (nSPS) is 12.2. The Morgan fingerprint density at radius 1 is 0.500 bits per heavy atom. The van der Waals surface area contributed by atoms with Gasteiger partial charge >= 0.3 is 21.1 Å². The number of hydrogen-bond donors (Lipinski definition) is 0. The van der Waals surface area contributed by atoms with Crippen LogP contribution >= 0.6 is 0 Å². The van der Waals surface area contributed by atoms with Crippen LogP contribution in [0.15, 0.2) is 109 Å². The first-order valence-corrected chi connectivity index (χ1v) is 14.1. The SMILES string of the molecule is C.C.Cc1c[c-]c(-c2cccc(C3(c4cccc(-c5[c-]cc(C)c(C)c5)n4)c4ccccc4-c4ccccc43)n2)cc1C.[Pt+2]. The zero-order chi connectivity index (χ0) is 28.1. The van der Waals surface area contributed by atoms with Crippen molar-refractivity contribution in [1.29, 1.82) is 0 Å². The molecule has 0 N–H and O–H groups in total. The van der Waals surface area contributed by atoms with Crippen molar-refractivity contribution in [2.24, 2.45) is 0 Å². The molecule has 3 heteroatoms. The molecule has 0 radical (unpaired) electrons. The number of aryl methyl sites for hydroxylation is 4. The van der Waals surface area contributed by atoms with Gasteiger partial charge in [-0.05, 0) is 45.8 Å². The summed E-state index contributed by atoms with van der Waals surface area (Å²) in [6.07, 6.45) is 0. The Labute approximate surface area is 277 Å². The van der Waals surface area contributed by atoms with Gasteiger partial charge in [0.15, 0.2) is 0 Å². The molecule has 0 amide bonds. The molecule has 6 aromatic rings. The molecule has 7 rings (SSSR count). The van der Waals surface area contributed by atoms with Gasteiger partial charge in [-0.15, -0.1) is 69.8 Å². The summed E-state index contributed by atoms with van der Waals surface area (Å²) < 4.78 is 0. The van der Waals surface area contributed by atoms with Crippen LogP contribution < -0.4 is 0 Å². The molecule has 0 unspecified atom stereocenters. The molecule has 0 bridgehead atoms. The topological polar surface area (TPSA) is 25.8 Å². The molecule has 222 valence electrons. The molecule has 1 aliphatic carbocycles. The Morgan fingerprint density at radius 3 is 1.32 bits per heavy atom. The van der Waals surface area contributed by atoms with Crippen LogP contribution in [-0.4, -0.2) is 9.97 Å². The van der Waals surface area contributed by atoms with Gasteiger partial charge in [-0.3, -0.25) is 9.97 Å². The molecule has 4 aromatic carbocycles. The fourth-order valence-electron chi connectivity index (χ4n) is 6.14. The van der Waals surface area contributed by atoms with Crippen LogP contribution in [0, 0.1) is 39.8 Å². The van der Waals surface area contributed by atoms with Gasteiger partial charge in [-0.2, -0.15) is 0 Å². The molecule has 2 heterocycles. The summed E-state index contributed by atoms with van der Waals surface area (Å²) in [5.41, 5.74) is 14.8. The second-order valence-electron chi connectivity index (χ2n) is 11.1. The van der Waals surface area contributed by atoms with E-state index in [2.05, 4.69) is 149 Å². The summed E-state index contributed by atoms with van der Waals surface area (Å²) in [7, 11) is 0. The van der Waals surface area contributed by atoms with Crippen LogP contribution in [0.25, 0.3) is 33.6 Å². The Morgan fingerprint density at radius 2 is 0.909 bits per heavy atom. The number of nitrogens with zero attached hydrogens (tertiary/aromatic N) is 2. The monoisotopic (exact) mass is 753 g/mol. The van der Waals surface area contributed by atoms with Crippen LogP contribution in [0.4, 0.5) is 0 Å². The van der Waals surface area contributed by atoms with E-state index < -0.39 is 5.41 Å². The fraction of sp³-hybridized carbons (Fsp3) is 0.171. The third kappa shape index (κ3) is 5.16. The number of pyridine rings is 2. The maximum atomic E-state index is 5.39. The zero-order valence-electron chi connectivity index (χ0n) is 24.1. The summed E-state index contributed by atoms with van der Waals surface area (Å²) >= 11 is 0. The van der Waals surface area contributed by atoms with E-state index in [1.165, 1.54) is 44.5 Å². The molecule has 0 spiro atoms. The largest absolute Gasteiger partial charge is 2.00 e. The van der Waals surface area contributed by atoms with Crippen molar-refractivity contribution in [3.8, 4) is 33.6 Å². The van der Waals surface area contributed by atoms with Crippen LogP contribution in [0.5, 0.6) is 0 Å². The second-order valence-corrected chi connectivity index (χ2v) is 11.1. The Balaban J connectivity index is 0.00000147. The van der Waals surface area contributed by atoms with Crippen molar-refractivity contribution in [3.63, 3.8) is 0 Å². The average molecular weight is 754 g/mol. The Hall–Kier alpha value is -4.13. The van der Waals surface area contributed by atoms with Gasteiger partial charge in [0.1, 0.15) is 5.41 Å². The number of fused-ring (bicyclic) bond motifs is 3. The minimum absolute atomic E-state index is 0. The number of benzene rings is 4. The average Bonchev–Trinajstić information content (AvgIpc) is 3.31. The number of hydrogen-bond acceptors (Lipinski definition) is 2. The number of rotatable bonds is 4. The van der Waals surface area contributed by atoms with E-state index in [4.69, 9.17) is 9.97 Å². The van der Waals surface area contributed by atoms with Crippen molar-refractivity contribution in [2.75, 3.05) is 0 Å². The van der Waals surface area contributed by atoms with Gasteiger partial charge in [0.25, 0.3) is 0 Å².